The van der Waals surface area contributed by atoms with Crippen LogP contribution in [0.4, 0.5) is 0 Å². The number of aromatic amines is 1. The molecule has 9 nitrogen and oxygen atoms in total. The van der Waals surface area contributed by atoms with Gasteiger partial charge in [0.05, 0.1) is 0 Å². The number of nitrogens with two attached hydrogens (primary N) is 1. The van der Waals surface area contributed by atoms with Crippen LogP contribution in [0.3, 0.4) is 0 Å². The number of primary amides is 1. The smallest absolute Gasteiger partial charge is 1.00 e. The van der Waals surface area contributed by atoms with Gasteiger partial charge in [-0.15, -0.1) is 10.2 Å². The molecule has 0 saturated heterocycles. The number of aromatic nitrogens is 7. The molecular formula is C23H23N8NaO. The van der Waals surface area contributed by atoms with Crippen molar-refractivity contribution in [3.05, 3.63) is 78.0 Å². The van der Waals surface area contributed by atoms with E-state index in [2.05, 4.69) is 61.4 Å². The minimum absolute atomic E-state index is 0. The van der Waals surface area contributed by atoms with Gasteiger partial charge in [0.1, 0.15) is 6.33 Å². The largest absolute Gasteiger partial charge is 1.00 e. The molecule has 2 aromatic carbocycles. The second-order valence-electron chi connectivity index (χ2n) is 7.62. The van der Waals surface area contributed by atoms with Crippen molar-refractivity contribution < 1.29 is 35.8 Å². The van der Waals surface area contributed by atoms with Crippen molar-refractivity contribution in [3.63, 3.8) is 0 Å². The number of nitrogens with one attached hydrogen (secondary N) is 1. The Morgan fingerprint density at radius 2 is 1.88 bits per heavy atom. The summed E-state index contributed by atoms with van der Waals surface area (Å²) in [5.74, 6) is 0.0339. The maximum Gasteiger partial charge on any atom is 1.00 e. The van der Waals surface area contributed by atoms with E-state index in [0.29, 0.717) is 12.4 Å². The van der Waals surface area contributed by atoms with Gasteiger partial charge in [-0.1, -0.05) is 61.9 Å². The molecule has 5 aromatic rings. The molecule has 0 saturated carbocycles. The molecular weight excluding hydrogens is 427 g/mol. The van der Waals surface area contributed by atoms with E-state index in [0.717, 1.165) is 46.4 Å². The number of hydrogen-bond donors (Lipinski definition) is 2. The number of nitrogens with zero attached hydrogens (tertiary/aromatic N) is 6. The van der Waals surface area contributed by atoms with Gasteiger partial charge in [0.15, 0.2) is 11.3 Å². The van der Waals surface area contributed by atoms with Crippen LogP contribution in [0.5, 0.6) is 0 Å². The van der Waals surface area contributed by atoms with Crippen molar-refractivity contribution in [2.75, 3.05) is 0 Å². The summed E-state index contributed by atoms with van der Waals surface area (Å²) in [6.45, 7) is 2.75. The molecule has 0 fully saturated rings. The zero-order valence-corrected chi connectivity index (χ0v) is 20.6. The molecule has 0 radical (unpaired) electrons. The average molecular weight is 450 g/mol. The third-order valence-electron chi connectivity index (χ3n) is 5.52. The van der Waals surface area contributed by atoms with Gasteiger partial charge in [-0.2, -0.15) is 5.21 Å². The summed E-state index contributed by atoms with van der Waals surface area (Å²) in [4.78, 5) is 16.1. The molecule has 3 heterocycles. The van der Waals surface area contributed by atoms with Gasteiger partial charge in [-0.3, -0.25) is 9.20 Å². The molecule has 0 unspecified atom stereocenters. The van der Waals surface area contributed by atoms with Crippen LogP contribution in [0.15, 0.2) is 61.1 Å². The van der Waals surface area contributed by atoms with Gasteiger partial charge in [-0.25, -0.2) is 4.98 Å². The number of imidazole rings is 2. The Bertz CT molecular complexity index is 1390. The summed E-state index contributed by atoms with van der Waals surface area (Å²) < 4.78 is 4.00. The summed E-state index contributed by atoms with van der Waals surface area (Å²) in [5, 5.41) is 14.4. The van der Waals surface area contributed by atoms with Crippen molar-refractivity contribution >= 4 is 11.6 Å². The van der Waals surface area contributed by atoms with Crippen LogP contribution >= 0.6 is 0 Å². The minimum Gasteiger partial charge on any atom is -1.00 e. The number of fused-ring (bicyclic) bond motifs is 1. The summed E-state index contributed by atoms with van der Waals surface area (Å²) >= 11 is 0. The molecule has 5 rings (SSSR count). The number of rotatable bonds is 7. The Morgan fingerprint density at radius 1 is 1.12 bits per heavy atom. The fourth-order valence-corrected chi connectivity index (χ4v) is 4.07. The van der Waals surface area contributed by atoms with Crippen molar-refractivity contribution in [1.82, 2.24) is 34.6 Å². The van der Waals surface area contributed by atoms with E-state index in [4.69, 9.17) is 5.73 Å². The molecule has 162 valence electrons. The first kappa shape index (κ1) is 22.9. The Balaban J connectivity index is 0.00000162. The van der Waals surface area contributed by atoms with Gasteiger partial charge < -0.3 is 11.7 Å². The summed E-state index contributed by atoms with van der Waals surface area (Å²) in [5.41, 5.74) is 11.8. The number of hydrogen-bond acceptors (Lipinski definition) is 5. The maximum atomic E-state index is 11.9. The number of carbonyl (C=O) groups excluding carboxylic acids is 1. The zero-order valence-electron chi connectivity index (χ0n) is 19.6. The Hall–Kier alpha value is -3.27. The summed E-state index contributed by atoms with van der Waals surface area (Å²) in [7, 11) is 0. The number of benzene rings is 2. The van der Waals surface area contributed by atoms with E-state index in [-0.39, 0.29) is 36.7 Å². The third-order valence-corrected chi connectivity index (χ3v) is 5.52. The number of amides is 1. The van der Waals surface area contributed by atoms with E-state index in [9.17, 15) is 4.79 Å². The Morgan fingerprint density at radius 3 is 2.55 bits per heavy atom. The van der Waals surface area contributed by atoms with Gasteiger partial charge in [-0.05, 0) is 28.3 Å². The summed E-state index contributed by atoms with van der Waals surface area (Å²) in [6, 6.07) is 16.3. The SMILES string of the molecule is CCCc1cn2cnc(C(N)=O)c2n1Cc1ccc(-c2ccccc2-c2nn[nH]n2)cc1.[H-].[Na+]. The number of tetrazole rings is 1. The fourth-order valence-electron chi connectivity index (χ4n) is 4.07. The van der Waals surface area contributed by atoms with Crippen LogP contribution in [0.25, 0.3) is 28.2 Å². The molecule has 0 spiro atoms. The molecule has 0 bridgehead atoms. The quantitative estimate of drug-likeness (QED) is 0.343. The van der Waals surface area contributed by atoms with Gasteiger partial charge in [0.25, 0.3) is 5.91 Å². The van der Waals surface area contributed by atoms with Crippen LogP contribution < -0.4 is 35.3 Å². The molecule has 3 N–H and O–H groups in total. The van der Waals surface area contributed by atoms with Crippen molar-refractivity contribution in [2.24, 2.45) is 5.73 Å². The first-order valence-corrected chi connectivity index (χ1v) is 10.4. The number of carbonyl (C=O) groups is 1. The standard InChI is InChI=1S/C23H22N8O.Na.H/c1-2-5-17-13-30-14-25-20(21(24)32)23(30)31(17)12-15-8-10-16(11-9-15)18-6-3-4-7-19(18)22-26-28-29-27-22;;/h3-4,6-11,13-14H,2,5,12H2,1H3,(H2,24,32)(H,26,27,28,29);;/q;+1;-1. The topological polar surface area (TPSA) is 120 Å². The predicted molar refractivity (Wildman–Crippen MR) is 121 cm³/mol. The molecule has 0 aliphatic rings. The molecule has 0 aliphatic carbocycles. The van der Waals surface area contributed by atoms with Crippen molar-refractivity contribution in [3.8, 4) is 22.5 Å². The van der Waals surface area contributed by atoms with E-state index in [1.165, 1.54) is 0 Å². The van der Waals surface area contributed by atoms with Crippen molar-refractivity contribution in [1.29, 1.82) is 0 Å². The first-order chi connectivity index (χ1) is 15.7. The molecule has 0 aliphatic heterocycles. The van der Waals surface area contributed by atoms with Crippen LogP contribution in [-0.2, 0) is 13.0 Å². The Labute approximate surface area is 213 Å². The number of aryl methyl sites for hydroxylation is 1. The first-order valence-electron chi connectivity index (χ1n) is 10.4. The molecule has 3 aromatic heterocycles. The van der Waals surface area contributed by atoms with Gasteiger partial charge in [0, 0.05) is 24.0 Å². The molecule has 33 heavy (non-hydrogen) atoms. The molecule has 10 heteroatoms. The third kappa shape index (κ3) is 4.35. The van der Waals surface area contributed by atoms with Crippen molar-refractivity contribution in [2.45, 2.75) is 26.3 Å². The van der Waals surface area contributed by atoms with Crippen LogP contribution in [0.1, 0.15) is 36.5 Å². The summed E-state index contributed by atoms with van der Waals surface area (Å²) in [6.07, 6.45) is 5.56. The molecule has 0 atom stereocenters. The van der Waals surface area contributed by atoms with E-state index in [1.807, 2.05) is 34.9 Å². The second-order valence-corrected chi connectivity index (χ2v) is 7.62. The number of H-pyrrole nitrogens is 1. The van der Waals surface area contributed by atoms with E-state index in [1.54, 1.807) is 6.33 Å². The van der Waals surface area contributed by atoms with E-state index < -0.39 is 5.91 Å². The van der Waals surface area contributed by atoms with Gasteiger partial charge in [0.2, 0.25) is 5.82 Å². The zero-order chi connectivity index (χ0) is 22.1. The van der Waals surface area contributed by atoms with Crippen LogP contribution in [0.2, 0.25) is 0 Å². The monoisotopic (exact) mass is 450 g/mol. The minimum atomic E-state index is -0.525. The average Bonchev–Trinajstić information content (AvgIpc) is 3.53. The molecule has 1 amide bonds. The maximum absolute atomic E-state index is 11.9. The van der Waals surface area contributed by atoms with Crippen LogP contribution in [0, 0.1) is 0 Å². The normalized spacial score (nSPS) is 10.9. The van der Waals surface area contributed by atoms with Crippen LogP contribution in [-0.4, -0.2) is 40.5 Å². The van der Waals surface area contributed by atoms with E-state index >= 15 is 0 Å². The second kappa shape index (κ2) is 9.70. The predicted octanol–water partition coefficient (Wildman–Crippen LogP) is 0.199. The Kier molecular flexibility index (Phi) is 6.73. The van der Waals surface area contributed by atoms with Gasteiger partial charge >= 0.3 is 29.6 Å². The fraction of sp³-hybridized carbons (Fsp3) is 0.174.